The predicted octanol–water partition coefficient (Wildman–Crippen LogP) is 2.11. The molecule has 2 N–H and O–H groups in total. The molecule has 0 spiro atoms. The number of hydrogen-bond acceptors (Lipinski definition) is 3. The van der Waals surface area contributed by atoms with Gasteiger partial charge in [0.05, 0.1) is 6.04 Å². The zero-order valence-corrected chi connectivity index (χ0v) is 9.28. The number of carbonyl (C=O) groups is 1. The van der Waals surface area contributed by atoms with Crippen LogP contribution in [0.15, 0.2) is 24.3 Å². The minimum Gasteiger partial charge on any atom is -0.508 e. The highest BCUT2D eigenvalue weighted by Gasteiger charge is 2.20. The molecule has 1 heterocycles. The number of phenolic OH excluding ortho intramolecular Hbond substituents is 1. The zero-order valence-electron chi connectivity index (χ0n) is 9.28. The van der Waals surface area contributed by atoms with E-state index in [0.717, 1.165) is 25.8 Å². The van der Waals surface area contributed by atoms with Gasteiger partial charge in [-0.25, -0.2) is 0 Å². The monoisotopic (exact) mass is 219 g/mol. The molecule has 0 radical (unpaired) electrons. The Morgan fingerprint density at radius 2 is 2.19 bits per heavy atom. The minimum absolute atomic E-state index is 0.0794. The van der Waals surface area contributed by atoms with Crippen LogP contribution in [0.5, 0.6) is 5.75 Å². The van der Waals surface area contributed by atoms with Crippen molar-refractivity contribution in [2.75, 3.05) is 6.54 Å². The molecule has 16 heavy (non-hydrogen) atoms. The summed E-state index contributed by atoms with van der Waals surface area (Å²) in [5.74, 6) is 0.247. The van der Waals surface area contributed by atoms with Crippen molar-refractivity contribution < 1.29 is 9.90 Å². The number of rotatable bonds is 2. The summed E-state index contributed by atoms with van der Waals surface area (Å²) in [6.07, 6.45) is 4.33. The lowest BCUT2D eigenvalue weighted by Gasteiger charge is -2.14. The van der Waals surface area contributed by atoms with Gasteiger partial charge in [-0.1, -0.05) is 25.0 Å². The third-order valence-electron chi connectivity index (χ3n) is 3.01. The summed E-state index contributed by atoms with van der Waals surface area (Å²) in [5.41, 5.74) is 0.597. The van der Waals surface area contributed by atoms with Gasteiger partial charge in [0, 0.05) is 5.56 Å². The molecule has 0 aromatic heterocycles. The molecule has 1 aromatic carbocycles. The highest BCUT2D eigenvalue weighted by molar-refractivity contribution is 6.00. The first kappa shape index (κ1) is 11.1. The first-order valence-corrected chi connectivity index (χ1v) is 5.84. The molecule has 1 unspecified atom stereocenters. The van der Waals surface area contributed by atoms with Crippen LogP contribution in [0.3, 0.4) is 0 Å². The van der Waals surface area contributed by atoms with Gasteiger partial charge < -0.3 is 10.4 Å². The Kier molecular flexibility index (Phi) is 3.57. The fraction of sp³-hybridized carbons (Fsp3) is 0.462. The first-order chi connectivity index (χ1) is 7.77. The maximum Gasteiger partial charge on any atom is 0.179 e. The van der Waals surface area contributed by atoms with E-state index < -0.39 is 0 Å². The van der Waals surface area contributed by atoms with Crippen molar-refractivity contribution in [1.82, 2.24) is 5.32 Å². The van der Waals surface area contributed by atoms with Crippen LogP contribution >= 0.6 is 0 Å². The molecule has 1 aromatic rings. The molecule has 0 aliphatic carbocycles. The number of phenols is 1. The lowest BCUT2D eigenvalue weighted by atomic mass is 10.0. The fourth-order valence-electron chi connectivity index (χ4n) is 2.11. The van der Waals surface area contributed by atoms with E-state index in [0.29, 0.717) is 5.56 Å². The van der Waals surface area contributed by atoms with Crippen molar-refractivity contribution in [2.45, 2.75) is 31.7 Å². The van der Waals surface area contributed by atoms with E-state index in [1.54, 1.807) is 18.2 Å². The summed E-state index contributed by atoms with van der Waals surface area (Å²) in [6.45, 7) is 0.912. The van der Waals surface area contributed by atoms with Crippen LogP contribution in [0.1, 0.15) is 36.0 Å². The van der Waals surface area contributed by atoms with E-state index in [9.17, 15) is 9.90 Å². The molecular formula is C13H17NO2. The second-order valence-electron chi connectivity index (χ2n) is 4.27. The van der Waals surface area contributed by atoms with E-state index in [-0.39, 0.29) is 17.6 Å². The highest BCUT2D eigenvalue weighted by Crippen LogP contribution is 2.16. The molecule has 0 saturated carbocycles. The summed E-state index contributed by atoms with van der Waals surface area (Å²) in [7, 11) is 0. The maximum absolute atomic E-state index is 12.1. The molecule has 0 amide bonds. The smallest absolute Gasteiger partial charge is 0.179 e. The van der Waals surface area contributed by atoms with Crippen LogP contribution in [-0.2, 0) is 0 Å². The Bertz CT molecular complexity index is 368. The molecule has 3 heteroatoms. The summed E-state index contributed by atoms with van der Waals surface area (Å²) in [5, 5.41) is 12.6. The van der Waals surface area contributed by atoms with Crippen molar-refractivity contribution in [3.8, 4) is 5.75 Å². The van der Waals surface area contributed by atoms with Gasteiger partial charge in [0.2, 0.25) is 0 Å². The first-order valence-electron chi connectivity index (χ1n) is 5.84. The Hall–Kier alpha value is -1.35. The van der Waals surface area contributed by atoms with Crippen molar-refractivity contribution in [3.05, 3.63) is 29.8 Å². The van der Waals surface area contributed by atoms with Gasteiger partial charge in [-0.3, -0.25) is 4.79 Å². The molecule has 2 rings (SSSR count). The van der Waals surface area contributed by atoms with E-state index in [1.165, 1.54) is 12.5 Å². The van der Waals surface area contributed by atoms with E-state index >= 15 is 0 Å². The van der Waals surface area contributed by atoms with E-state index in [1.807, 2.05) is 0 Å². The quantitative estimate of drug-likeness (QED) is 0.749. The van der Waals surface area contributed by atoms with Gasteiger partial charge in [-0.2, -0.15) is 0 Å². The number of carbonyl (C=O) groups excluding carboxylic acids is 1. The van der Waals surface area contributed by atoms with Crippen molar-refractivity contribution in [2.24, 2.45) is 0 Å². The number of nitrogens with one attached hydrogen (secondary N) is 1. The van der Waals surface area contributed by atoms with Crippen LogP contribution in [0, 0.1) is 0 Å². The average molecular weight is 219 g/mol. The molecule has 1 atom stereocenters. The number of benzene rings is 1. The van der Waals surface area contributed by atoms with Crippen LogP contribution in [-0.4, -0.2) is 23.5 Å². The van der Waals surface area contributed by atoms with Gasteiger partial charge in [-0.05, 0) is 31.5 Å². The summed E-state index contributed by atoms with van der Waals surface area (Å²) in [6, 6.07) is 6.50. The Morgan fingerprint density at radius 3 is 3.00 bits per heavy atom. The topological polar surface area (TPSA) is 49.3 Å². The summed E-state index contributed by atoms with van der Waals surface area (Å²) >= 11 is 0. The summed E-state index contributed by atoms with van der Waals surface area (Å²) in [4.78, 5) is 12.1. The van der Waals surface area contributed by atoms with Gasteiger partial charge in [-0.15, -0.1) is 0 Å². The van der Waals surface area contributed by atoms with Crippen molar-refractivity contribution in [3.63, 3.8) is 0 Å². The minimum atomic E-state index is -0.0794. The van der Waals surface area contributed by atoms with Crippen LogP contribution in [0.2, 0.25) is 0 Å². The van der Waals surface area contributed by atoms with Gasteiger partial charge in [0.25, 0.3) is 0 Å². The van der Waals surface area contributed by atoms with Crippen molar-refractivity contribution in [1.29, 1.82) is 0 Å². The van der Waals surface area contributed by atoms with Gasteiger partial charge >= 0.3 is 0 Å². The third-order valence-corrected chi connectivity index (χ3v) is 3.01. The van der Waals surface area contributed by atoms with Gasteiger partial charge in [0.1, 0.15) is 5.75 Å². The van der Waals surface area contributed by atoms with E-state index in [4.69, 9.17) is 0 Å². The normalized spacial score (nSPS) is 21.4. The largest absolute Gasteiger partial charge is 0.508 e. The van der Waals surface area contributed by atoms with E-state index in [2.05, 4.69) is 5.32 Å². The standard InChI is InChI=1S/C13H17NO2/c15-11-6-4-5-10(9-11)13(16)12-7-2-1-3-8-14-12/h4-6,9,12,14-15H,1-3,7-8H2. The molecule has 1 aliphatic heterocycles. The Labute approximate surface area is 95.5 Å². The lowest BCUT2D eigenvalue weighted by Crippen LogP contribution is -2.35. The number of ketones is 1. The SMILES string of the molecule is O=C(c1cccc(O)c1)C1CCCCCN1. The van der Waals surface area contributed by atoms with Crippen molar-refractivity contribution >= 4 is 5.78 Å². The predicted molar refractivity (Wildman–Crippen MR) is 62.7 cm³/mol. The molecule has 1 aliphatic rings. The molecule has 1 fully saturated rings. The molecule has 1 saturated heterocycles. The lowest BCUT2D eigenvalue weighted by molar-refractivity contribution is 0.0940. The van der Waals surface area contributed by atoms with Crippen LogP contribution in [0.4, 0.5) is 0 Å². The molecular weight excluding hydrogens is 202 g/mol. The third kappa shape index (κ3) is 2.61. The van der Waals surface area contributed by atoms with Gasteiger partial charge in [0.15, 0.2) is 5.78 Å². The second kappa shape index (κ2) is 5.12. The average Bonchev–Trinajstić information content (AvgIpc) is 2.56. The summed E-state index contributed by atoms with van der Waals surface area (Å²) < 4.78 is 0. The van der Waals surface area contributed by atoms with Crippen LogP contribution in [0.25, 0.3) is 0 Å². The van der Waals surface area contributed by atoms with Crippen LogP contribution < -0.4 is 5.32 Å². The Morgan fingerprint density at radius 1 is 1.31 bits per heavy atom. The highest BCUT2D eigenvalue weighted by atomic mass is 16.3. The maximum atomic E-state index is 12.1. The molecule has 0 bridgehead atoms. The Balaban J connectivity index is 2.11. The molecule has 86 valence electrons. The fourth-order valence-corrected chi connectivity index (χ4v) is 2.11. The number of aromatic hydroxyl groups is 1. The molecule has 3 nitrogen and oxygen atoms in total. The second-order valence-corrected chi connectivity index (χ2v) is 4.27. The zero-order chi connectivity index (χ0) is 11.4. The number of hydrogen-bond donors (Lipinski definition) is 2. The number of Topliss-reactive ketones (excluding diaryl/α,β-unsaturated/α-hetero) is 1.